The molecule has 2 rings (SSSR count). The van der Waals surface area contributed by atoms with Crippen LogP contribution < -0.4 is 5.32 Å². The number of nitrogens with zero attached hydrogens (tertiary/aromatic N) is 2. The van der Waals surface area contributed by atoms with E-state index < -0.39 is 0 Å². The van der Waals surface area contributed by atoms with E-state index in [1.54, 1.807) is 0 Å². The molecule has 0 spiro atoms. The van der Waals surface area contributed by atoms with Crippen molar-refractivity contribution in [1.82, 2.24) is 14.9 Å². The molecule has 114 valence electrons. The summed E-state index contributed by atoms with van der Waals surface area (Å²) in [5, 5.41) is 4.54. The van der Waals surface area contributed by atoms with Crippen LogP contribution in [0.4, 0.5) is 0 Å². The highest BCUT2D eigenvalue weighted by molar-refractivity contribution is 6.30. The number of aryl methyl sites for hydroxylation is 1. The molecular weight excluding hydrogens is 282 g/mol. The third kappa shape index (κ3) is 4.08. The molecule has 0 saturated carbocycles. The number of aromatic nitrogens is 2. The fraction of sp³-hybridized carbons (Fsp3) is 0.471. The van der Waals surface area contributed by atoms with E-state index in [-0.39, 0.29) is 5.54 Å². The van der Waals surface area contributed by atoms with Crippen molar-refractivity contribution in [3.63, 3.8) is 0 Å². The first kappa shape index (κ1) is 16.1. The Hall–Kier alpha value is -1.32. The number of halogens is 1. The second-order valence-corrected chi connectivity index (χ2v) is 5.86. The molecule has 0 amide bonds. The Morgan fingerprint density at radius 3 is 2.57 bits per heavy atom. The van der Waals surface area contributed by atoms with Crippen molar-refractivity contribution in [2.45, 2.75) is 45.2 Å². The second kappa shape index (κ2) is 7.62. The lowest BCUT2D eigenvalue weighted by molar-refractivity contribution is 0.281. The molecule has 0 saturated heterocycles. The number of benzene rings is 1. The van der Waals surface area contributed by atoms with Crippen LogP contribution in [0.15, 0.2) is 43.0 Å². The first-order chi connectivity index (χ1) is 10.2. The number of rotatable bonds is 8. The van der Waals surface area contributed by atoms with Crippen LogP contribution in [0.1, 0.15) is 38.7 Å². The summed E-state index contributed by atoms with van der Waals surface area (Å²) in [6.07, 6.45) is 8.92. The fourth-order valence-corrected chi connectivity index (χ4v) is 2.84. The lowest BCUT2D eigenvalue weighted by atomic mass is 9.83. The van der Waals surface area contributed by atoms with Gasteiger partial charge in [0, 0.05) is 29.5 Å². The Morgan fingerprint density at radius 2 is 2.00 bits per heavy atom. The summed E-state index contributed by atoms with van der Waals surface area (Å²) in [6, 6.07) is 8.24. The number of hydrogen-bond donors (Lipinski definition) is 1. The molecule has 0 bridgehead atoms. The van der Waals surface area contributed by atoms with Crippen LogP contribution in [-0.2, 0) is 12.1 Å². The molecule has 0 aliphatic rings. The third-order valence-corrected chi connectivity index (χ3v) is 4.32. The standard InChI is InChI=1S/C17H24ClN3/c1-3-10-20-17(4-2,9-12-21-13-11-19-14-21)15-5-7-16(18)8-6-15/h5-8,11,13-14,20H,3-4,9-10,12H2,1-2H3. The van der Waals surface area contributed by atoms with Crippen LogP contribution in [0.2, 0.25) is 5.02 Å². The van der Waals surface area contributed by atoms with Gasteiger partial charge in [-0.3, -0.25) is 0 Å². The maximum atomic E-state index is 6.03. The molecule has 0 aliphatic heterocycles. The van der Waals surface area contributed by atoms with E-state index in [9.17, 15) is 0 Å². The first-order valence-corrected chi connectivity index (χ1v) is 8.05. The molecule has 1 atom stereocenters. The van der Waals surface area contributed by atoms with Crippen molar-refractivity contribution in [3.05, 3.63) is 53.6 Å². The maximum Gasteiger partial charge on any atom is 0.0945 e. The van der Waals surface area contributed by atoms with Gasteiger partial charge in [0.1, 0.15) is 0 Å². The molecule has 1 heterocycles. The smallest absolute Gasteiger partial charge is 0.0945 e. The highest BCUT2D eigenvalue weighted by atomic mass is 35.5. The predicted molar refractivity (Wildman–Crippen MR) is 88.6 cm³/mol. The molecule has 1 unspecified atom stereocenters. The van der Waals surface area contributed by atoms with Gasteiger partial charge in [0.05, 0.1) is 6.33 Å². The van der Waals surface area contributed by atoms with Gasteiger partial charge in [0.2, 0.25) is 0 Å². The second-order valence-electron chi connectivity index (χ2n) is 5.42. The molecule has 1 aromatic heterocycles. The molecule has 2 aromatic rings. The molecule has 0 radical (unpaired) electrons. The highest BCUT2D eigenvalue weighted by Crippen LogP contribution is 2.30. The summed E-state index contributed by atoms with van der Waals surface area (Å²) in [7, 11) is 0. The Kier molecular flexibility index (Phi) is 5.83. The number of imidazole rings is 1. The van der Waals surface area contributed by atoms with Gasteiger partial charge in [-0.2, -0.15) is 0 Å². The van der Waals surface area contributed by atoms with Crippen LogP contribution >= 0.6 is 11.6 Å². The van der Waals surface area contributed by atoms with Crippen molar-refractivity contribution in [3.8, 4) is 0 Å². The van der Waals surface area contributed by atoms with Crippen LogP contribution in [0.3, 0.4) is 0 Å². The fourth-order valence-electron chi connectivity index (χ4n) is 2.71. The van der Waals surface area contributed by atoms with Crippen molar-refractivity contribution in [2.24, 2.45) is 0 Å². The van der Waals surface area contributed by atoms with Crippen molar-refractivity contribution in [1.29, 1.82) is 0 Å². The zero-order valence-corrected chi connectivity index (χ0v) is 13.6. The van der Waals surface area contributed by atoms with E-state index in [4.69, 9.17) is 11.6 Å². The summed E-state index contributed by atoms with van der Waals surface area (Å²) >= 11 is 6.03. The lowest BCUT2D eigenvalue weighted by Crippen LogP contribution is -2.43. The molecule has 4 heteroatoms. The molecule has 0 aliphatic carbocycles. The van der Waals surface area contributed by atoms with Crippen LogP contribution in [0.25, 0.3) is 0 Å². The highest BCUT2D eigenvalue weighted by Gasteiger charge is 2.29. The summed E-state index contributed by atoms with van der Waals surface area (Å²) in [4.78, 5) is 4.12. The van der Waals surface area contributed by atoms with E-state index in [2.05, 4.69) is 40.8 Å². The number of hydrogen-bond acceptors (Lipinski definition) is 2. The largest absolute Gasteiger partial charge is 0.337 e. The zero-order valence-electron chi connectivity index (χ0n) is 12.8. The minimum absolute atomic E-state index is 0.00906. The van der Waals surface area contributed by atoms with E-state index in [1.165, 1.54) is 5.56 Å². The lowest BCUT2D eigenvalue weighted by Gasteiger charge is -2.35. The Bertz CT molecular complexity index is 521. The van der Waals surface area contributed by atoms with Crippen LogP contribution in [0, 0.1) is 0 Å². The molecule has 21 heavy (non-hydrogen) atoms. The molecule has 0 fully saturated rings. The summed E-state index contributed by atoms with van der Waals surface area (Å²) in [5.74, 6) is 0. The summed E-state index contributed by atoms with van der Waals surface area (Å²) in [5.41, 5.74) is 1.30. The third-order valence-electron chi connectivity index (χ3n) is 4.07. The van der Waals surface area contributed by atoms with E-state index in [0.29, 0.717) is 0 Å². The Labute approximate surface area is 132 Å². The van der Waals surface area contributed by atoms with Crippen LogP contribution in [-0.4, -0.2) is 16.1 Å². The first-order valence-electron chi connectivity index (χ1n) is 7.67. The summed E-state index contributed by atoms with van der Waals surface area (Å²) in [6.45, 7) is 6.41. The normalized spacial score (nSPS) is 14.0. The van der Waals surface area contributed by atoms with Gasteiger partial charge >= 0.3 is 0 Å². The quantitative estimate of drug-likeness (QED) is 0.791. The monoisotopic (exact) mass is 305 g/mol. The van der Waals surface area contributed by atoms with Gasteiger partial charge in [0.25, 0.3) is 0 Å². The van der Waals surface area contributed by atoms with Gasteiger partial charge in [-0.15, -0.1) is 0 Å². The van der Waals surface area contributed by atoms with Gasteiger partial charge in [-0.25, -0.2) is 4.98 Å². The molecular formula is C17H24ClN3. The molecule has 1 N–H and O–H groups in total. The minimum atomic E-state index is -0.00906. The van der Waals surface area contributed by atoms with Crippen molar-refractivity contribution < 1.29 is 0 Å². The zero-order chi connectivity index (χ0) is 15.1. The van der Waals surface area contributed by atoms with Gasteiger partial charge in [-0.05, 0) is 43.5 Å². The average Bonchev–Trinajstić information content (AvgIpc) is 3.02. The SMILES string of the molecule is CCCNC(CC)(CCn1ccnc1)c1ccc(Cl)cc1. The molecule has 1 aromatic carbocycles. The molecule has 3 nitrogen and oxygen atoms in total. The van der Waals surface area contributed by atoms with E-state index >= 15 is 0 Å². The van der Waals surface area contributed by atoms with Crippen molar-refractivity contribution in [2.75, 3.05) is 6.54 Å². The van der Waals surface area contributed by atoms with Crippen LogP contribution in [0.5, 0.6) is 0 Å². The Balaban J connectivity index is 2.21. The predicted octanol–water partition coefficient (Wildman–Crippen LogP) is 4.23. The minimum Gasteiger partial charge on any atom is -0.337 e. The van der Waals surface area contributed by atoms with E-state index in [1.807, 2.05) is 30.9 Å². The average molecular weight is 306 g/mol. The van der Waals surface area contributed by atoms with Gasteiger partial charge < -0.3 is 9.88 Å². The van der Waals surface area contributed by atoms with Gasteiger partial charge in [-0.1, -0.05) is 37.6 Å². The maximum absolute atomic E-state index is 6.03. The number of nitrogens with one attached hydrogen (secondary N) is 1. The van der Waals surface area contributed by atoms with Crippen molar-refractivity contribution >= 4 is 11.6 Å². The Morgan fingerprint density at radius 1 is 1.24 bits per heavy atom. The van der Waals surface area contributed by atoms with Gasteiger partial charge in [0.15, 0.2) is 0 Å². The topological polar surface area (TPSA) is 29.9 Å². The summed E-state index contributed by atoms with van der Waals surface area (Å²) < 4.78 is 2.13. The van der Waals surface area contributed by atoms with E-state index in [0.717, 1.165) is 37.4 Å².